The predicted octanol–water partition coefficient (Wildman–Crippen LogP) is 3.15. The zero-order valence-corrected chi connectivity index (χ0v) is 17.1. The van der Waals surface area contributed by atoms with Gasteiger partial charge in [0.05, 0.1) is 32.1 Å². The zero-order valence-electron chi connectivity index (χ0n) is 16.4. The van der Waals surface area contributed by atoms with E-state index in [2.05, 4.69) is 20.5 Å². The molecule has 0 aliphatic carbocycles. The number of carbonyl (C=O) groups is 1. The molecule has 1 amide bonds. The minimum absolute atomic E-state index is 0.350. The molecule has 4 rings (SSSR count). The summed E-state index contributed by atoms with van der Waals surface area (Å²) in [7, 11) is 3.18. The number of ether oxygens (including phenoxy) is 2. The summed E-state index contributed by atoms with van der Waals surface area (Å²) in [4.78, 5) is 17.2. The van der Waals surface area contributed by atoms with Crippen molar-refractivity contribution in [2.75, 3.05) is 26.1 Å². The Morgan fingerprint density at radius 3 is 2.97 bits per heavy atom. The molecular weight excluding hydrogens is 408 g/mol. The average molecular weight is 427 g/mol. The van der Waals surface area contributed by atoms with Crippen LogP contribution in [-0.2, 0) is 11.3 Å². The average Bonchev–Trinajstić information content (AvgIpc) is 3.36. The number of carbonyl (C=O) groups excluding carboxylic acids is 1. The smallest absolute Gasteiger partial charge is 0.261 e. The number of methoxy groups -OCH3 is 2. The quantitative estimate of drug-likeness (QED) is 0.487. The third-order valence-electron chi connectivity index (χ3n) is 4.47. The minimum Gasteiger partial charge on any atom is -0.496 e. The van der Waals surface area contributed by atoms with Crippen LogP contribution in [0.15, 0.2) is 49.1 Å². The Kier molecular flexibility index (Phi) is 5.64. The Labute approximate surface area is 177 Å². The highest BCUT2D eigenvalue weighted by atomic mass is 35.5. The van der Waals surface area contributed by atoms with Gasteiger partial charge in [-0.15, -0.1) is 0 Å². The lowest BCUT2D eigenvalue weighted by Gasteiger charge is -2.09. The van der Waals surface area contributed by atoms with E-state index in [-0.39, 0.29) is 5.91 Å². The molecule has 0 radical (unpaired) electrons. The summed E-state index contributed by atoms with van der Waals surface area (Å²) in [6, 6.07) is 6.97. The molecular formula is C20H19ClN6O3. The Bertz CT molecular complexity index is 1200. The van der Waals surface area contributed by atoms with Gasteiger partial charge < -0.3 is 14.8 Å². The maximum absolute atomic E-state index is 13.0. The largest absolute Gasteiger partial charge is 0.496 e. The molecule has 0 aliphatic rings. The molecule has 4 aromatic rings. The molecule has 0 atom stereocenters. The number of nitrogens with zero attached hydrogens (tertiary/aromatic N) is 5. The fourth-order valence-electron chi connectivity index (χ4n) is 3.05. The summed E-state index contributed by atoms with van der Waals surface area (Å²) < 4.78 is 13.8. The van der Waals surface area contributed by atoms with E-state index in [9.17, 15) is 4.79 Å². The number of hydrogen-bond acceptors (Lipinski definition) is 6. The van der Waals surface area contributed by atoms with Gasteiger partial charge in [0.1, 0.15) is 17.0 Å². The van der Waals surface area contributed by atoms with E-state index in [4.69, 9.17) is 21.1 Å². The monoisotopic (exact) mass is 426 g/mol. The van der Waals surface area contributed by atoms with Gasteiger partial charge in [0.2, 0.25) is 0 Å². The molecule has 30 heavy (non-hydrogen) atoms. The van der Waals surface area contributed by atoms with Gasteiger partial charge in [-0.3, -0.25) is 9.48 Å². The van der Waals surface area contributed by atoms with Crippen LogP contribution < -0.4 is 10.1 Å². The summed E-state index contributed by atoms with van der Waals surface area (Å²) in [6.45, 7) is 0.986. The van der Waals surface area contributed by atoms with E-state index >= 15 is 0 Å². The molecule has 1 aromatic carbocycles. The second kappa shape index (κ2) is 8.52. The second-order valence-corrected chi connectivity index (χ2v) is 6.83. The highest BCUT2D eigenvalue weighted by Gasteiger charge is 2.20. The van der Waals surface area contributed by atoms with Gasteiger partial charge in [-0.1, -0.05) is 11.6 Å². The van der Waals surface area contributed by atoms with Crippen LogP contribution in [0.25, 0.3) is 16.9 Å². The van der Waals surface area contributed by atoms with Crippen molar-refractivity contribution in [3.63, 3.8) is 0 Å². The molecule has 0 spiro atoms. The Morgan fingerprint density at radius 2 is 2.17 bits per heavy atom. The molecule has 0 unspecified atom stereocenters. The van der Waals surface area contributed by atoms with E-state index in [1.54, 1.807) is 61.8 Å². The van der Waals surface area contributed by atoms with Crippen LogP contribution >= 0.6 is 11.6 Å². The first kappa shape index (κ1) is 19.9. The third kappa shape index (κ3) is 3.85. The molecule has 3 aromatic heterocycles. The number of halogens is 1. The lowest BCUT2D eigenvalue weighted by molar-refractivity contribution is 0.102. The van der Waals surface area contributed by atoms with Crippen LogP contribution in [0.1, 0.15) is 10.4 Å². The van der Waals surface area contributed by atoms with Gasteiger partial charge in [-0.2, -0.15) is 10.2 Å². The van der Waals surface area contributed by atoms with Crippen molar-refractivity contribution in [1.29, 1.82) is 0 Å². The van der Waals surface area contributed by atoms with Crippen molar-refractivity contribution < 1.29 is 14.3 Å². The fourth-order valence-corrected chi connectivity index (χ4v) is 3.23. The maximum atomic E-state index is 13.0. The highest BCUT2D eigenvalue weighted by Crippen LogP contribution is 2.36. The normalized spacial score (nSPS) is 11.0. The summed E-state index contributed by atoms with van der Waals surface area (Å²) in [6.07, 6.45) is 6.56. The van der Waals surface area contributed by atoms with Crippen molar-refractivity contribution in [1.82, 2.24) is 24.4 Å². The van der Waals surface area contributed by atoms with Crippen molar-refractivity contribution in [2.45, 2.75) is 6.54 Å². The Morgan fingerprint density at radius 1 is 1.30 bits per heavy atom. The van der Waals surface area contributed by atoms with Crippen LogP contribution in [0, 0.1) is 0 Å². The van der Waals surface area contributed by atoms with E-state index in [0.717, 1.165) is 0 Å². The summed E-state index contributed by atoms with van der Waals surface area (Å²) in [5.74, 6) is 0.238. The summed E-state index contributed by atoms with van der Waals surface area (Å²) in [5, 5.41) is 12.2. The number of benzene rings is 1. The fraction of sp³-hybridized carbons (Fsp3) is 0.200. The van der Waals surface area contributed by atoms with E-state index in [0.29, 0.717) is 52.1 Å². The molecule has 1 N–H and O–H groups in total. The lowest BCUT2D eigenvalue weighted by Crippen LogP contribution is -2.12. The first-order valence-electron chi connectivity index (χ1n) is 9.10. The SMILES string of the molecule is COCCn1cc(NC(=O)c2cnn3cccnc23)c(-c2cc(Cl)ccc2OC)n1. The molecule has 154 valence electrons. The lowest BCUT2D eigenvalue weighted by atomic mass is 10.1. The van der Waals surface area contributed by atoms with Gasteiger partial charge in [-0.05, 0) is 24.3 Å². The molecule has 0 aliphatic heterocycles. The number of anilines is 1. The van der Waals surface area contributed by atoms with Crippen molar-refractivity contribution in [3.8, 4) is 17.0 Å². The van der Waals surface area contributed by atoms with Gasteiger partial charge in [0.15, 0.2) is 5.65 Å². The number of amides is 1. The minimum atomic E-state index is -0.350. The van der Waals surface area contributed by atoms with Gasteiger partial charge >= 0.3 is 0 Å². The summed E-state index contributed by atoms with van der Waals surface area (Å²) in [5.41, 5.74) is 2.51. The zero-order chi connectivity index (χ0) is 21.1. The van der Waals surface area contributed by atoms with Crippen LogP contribution in [-0.4, -0.2) is 51.1 Å². The number of fused-ring (bicyclic) bond motifs is 1. The predicted molar refractivity (Wildman–Crippen MR) is 112 cm³/mol. The number of rotatable bonds is 7. The van der Waals surface area contributed by atoms with E-state index < -0.39 is 0 Å². The van der Waals surface area contributed by atoms with Gasteiger partial charge in [0.25, 0.3) is 5.91 Å². The molecule has 0 saturated carbocycles. The first-order chi connectivity index (χ1) is 14.6. The molecule has 9 nitrogen and oxygen atoms in total. The van der Waals surface area contributed by atoms with Crippen molar-refractivity contribution in [3.05, 3.63) is 59.6 Å². The third-order valence-corrected chi connectivity index (χ3v) is 4.71. The molecule has 0 bridgehead atoms. The second-order valence-electron chi connectivity index (χ2n) is 6.39. The van der Waals surface area contributed by atoms with Crippen LogP contribution in [0.2, 0.25) is 5.02 Å². The molecule has 3 heterocycles. The number of hydrogen-bond donors (Lipinski definition) is 1. The van der Waals surface area contributed by atoms with Gasteiger partial charge in [-0.25, -0.2) is 9.50 Å². The highest BCUT2D eigenvalue weighted by molar-refractivity contribution is 6.31. The summed E-state index contributed by atoms with van der Waals surface area (Å²) >= 11 is 6.20. The molecule has 0 saturated heterocycles. The van der Waals surface area contributed by atoms with Crippen molar-refractivity contribution in [2.24, 2.45) is 0 Å². The number of aromatic nitrogens is 5. The standard InChI is InChI=1S/C20H19ClN6O3/c1-29-9-8-26-12-16(18(25-26)14-10-13(21)4-5-17(14)30-2)24-20(28)15-11-23-27-7-3-6-22-19(15)27/h3-7,10-12H,8-9H2,1-2H3,(H,24,28). The van der Waals surface area contributed by atoms with Crippen molar-refractivity contribution >= 4 is 28.8 Å². The van der Waals surface area contributed by atoms with Crippen LogP contribution in [0.5, 0.6) is 5.75 Å². The number of nitrogens with one attached hydrogen (secondary N) is 1. The molecule has 0 fully saturated rings. The maximum Gasteiger partial charge on any atom is 0.261 e. The topological polar surface area (TPSA) is 95.6 Å². The molecule has 10 heteroatoms. The van der Waals surface area contributed by atoms with Gasteiger partial charge in [0, 0.05) is 36.3 Å². The van der Waals surface area contributed by atoms with Crippen LogP contribution in [0.4, 0.5) is 5.69 Å². The van der Waals surface area contributed by atoms with E-state index in [1.807, 2.05) is 0 Å². The van der Waals surface area contributed by atoms with Crippen LogP contribution in [0.3, 0.4) is 0 Å². The first-order valence-corrected chi connectivity index (χ1v) is 9.48. The van der Waals surface area contributed by atoms with E-state index in [1.165, 1.54) is 10.7 Å². The Hall–Kier alpha value is -3.43. The Balaban J connectivity index is 1.74.